The normalized spacial score (nSPS) is 16.1. The van der Waals surface area contributed by atoms with Gasteiger partial charge in [-0.1, -0.05) is 0 Å². The van der Waals surface area contributed by atoms with Crippen molar-refractivity contribution in [3.05, 3.63) is 36.0 Å². The van der Waals surface area contributed by atoms with Gasteiger partial charge in [-0.3, -0.25) is 0 Å². The zero-order valence-corrected chi connectivity index (χ0v) is 15.0. The Morgan fingerprint density at radius 2 is 1.93 bits per heavy atom. The molecule has 0 aromatic carbocycles. The van der Waals surface area contributed by atoms with Gasteiger partial charge in [0, 0.05) is 11.8 Å². The number of fused-ring (bicyclic) bond motifs is 1. The van der Waals surface area contributed by atoms with Gasteiger partial charge in [0.1, 0.15) is 6.61 Å². The molecule has 0 radical (unpaired) electrons. The van der Waals surface area contributed by atoms with E-state index in [4.69, 9.17) is 4.74 Å². The molecular weight excluding hydrogens is 420 g/mol. The van der Waals surface area contributed by atoms with Crippen LogP contribution in [0.1, 0.15) is 25.1 Å². The smallest absolute Gasteiger partial charge is 0.428 e. The van der Waals surface area contributed by atoms with E-state index in [2.05, 4.69) is 25.0 Å². The molecular formula is C17H13F6N5O2. The zero-order chi connectivity index (χ0) is 21.5. The average Bonchev–Trinajstić information content (AvgIpc) is 3.05. The summed E-state index contributed by atoms with van der Waals surface area (Å²) in [6, 6.07) is 3.83. The summed E-state index contributed by atoms with van der Waals surface area (Å²) in [5.74, 6) is -1.86. The fourth-order valence-corrected chi connectivity index (χ4v) is 2.98. The highest BCUT2D eigenvalue weighted by Crippen LogP contribution is 2.48. The van der Waals surface area contributed by atoms with Gasteiger partial charge in [0.05, 0.1) is 5.69 Å². The SMILES string of the molecule is Fc1cc(-c2ccc3nnc(COC(F)F)n3n2)cnc1OC1(C(F)(F)F)CCC1. The molecule has 1 aliphatic carbocycles. The van der Waals surface area contributed by atoms with Crippen LogP contribution < -0.4 is 4.74 Å². The van der Waals surface area contributed by atoms with Gasteiger partial charge in [0.25, 0.3) is 5.88 Å². The van der Waals surface area contributed by atoms with E-state index in [1.165, 1.54) is 12.1 Å². The molecule has 0 atom stereocenters. The highest BCUT2D eigenvalue weighted by atomic mass is 19.4. The first-order chi connectivity index (χ1) is 14.2. The summed E-state index contributed by atoms with van der Waals surface area (Å²) < 4.78 is 88.8. The van der Waals surface area contributed by atoms with E-state index >= 15 is 0 Å². The Morgan fingerprint density at radius 1 is 1.17 bits per heavy atom. The summed E-state index contributed by atoms with van der Waals surface area (Å²) in [5.41, 5.74) is -1.91. The minimum Gasteiger partial charge on any atom is -0.459 e. The lowest BCUT2D eigenvalue weighted by Gasteiger charge is -2.42. The molecule has 13 heteroatoms. The molecule has 0 unspecified atom stereocenters. The summed E-state index contributed by atoms with van der Waals surface area (Å²) in [4.78, 5) is 3.68. The van der Waals surface area contributed by atoms with Gasteiger partial charge in [0.2, 0.25) is 5.60 Å². The number of hydrogen-bond donors (Lipinski definition) is 0. The van der Waals surface area contributed by atoms with Crippen molar-refractivity contribution in [2.24, 2.45) is 0 Å². The maximum atomic E-state index is 14.4. The predicted molar refractivity (Wildman–Crippen MR) is 88.0 cm³/mol. The second kappa shape index (κ2) is 7.38. The lowest BCUT2D eigenvalue weighted by molar-refractivity contribution is -0.275. The fraction of sp³-hybridized carbons (Fsp3) is 0.412. The predicted octanol–water partition coefficient (Wildman–Crippen LogP) is 3.93. The van der Waals surface area contributed by atoms with Crippen LogP contribution in [0.5, 0.6) is 5.88 Å². The molecule has 0 amide bonds. The molecule has 1 aliphatic rings. The van der Waals surface area contributed by atoms with Crippen molar-refractivity contribution in [2.75, 3.05) is 0 Å². The highest BCUT2D eigenvalue weighted by molar-refractivity contribution is 5.59. The van der Waals surface area contributed by atoms with Crippen molar-refractivity contribution in [1.29, 1.82) is 0 Å². The quantitative estimate of drug-likeness (QED) is 0.549. The first-order valence-electron chi connectivity index (χ1n) is 8.71. The van der Waals surface area contributed by atoms with E-state index in [1.54, 1.807) is 0 Å². The van der Waals surface area contributed by atoms with Gasteiger partial charge in [-0.05, 0) is 37.5 Å². The van der Waals surface area contributed by atoms with Gasteiger partial charge in [-0.15, -0.1) is 10.2 Å². The standard InChI is InChI=1S/C17H13F6N5O2/c18-10-6-9(7-24-14(10)30-16(4-1-5-16)17(21,22)23)11-2-3-12-25-26-13(28(12)27-11)8-29-15(19)20/h2-3,6-7,15H,1,4-5,8H2. The molecule has 3 aromatic heterocycles. The van der Waals surface area contributed by atoms with Crippen LogP contribution in [0.15, 0.2) is 24.4 Å². The second-order valence-corrected chi connectivity index (χ2v) is 6.64. The van der Waals surface area contributed by atoms with Crippen LogP contribution in [-0.2, 0) is 11.3 Å². The summed E-state index contributed by atoms with van der Waals surface area (Å²) in [7, 11) is 0. The van der Waals surface area contributed by atoms with E-state index < -0.39 is 36.7 Å². The van der Waals surface area contributed by atoms with Gasteiger partial charge < -0.3 is 9.47 Å². The van der Waals surface area contributed by atoms with Crippen LogP contribution in [0, 0.1) is 5.82 Å². The lowest BCUT2D eigenvalue weighted by atomic mass is 9.79. The van der Waals surface area contributed by atoms with Crippen LogP contribution in [-0.4, -0.2) is 43.2 Å². The van der Waals surface area contributed by atoms with Crippen LogP contribution in [0.25, 0.3) is 16.9 Å². The van der Waals surface area contributed by atoms with Crippen molar-refractivity contribution in [3.63, 3.8) is 0 Å². The summed E-state index contributed by atoms with van der Waals surface area (Å²) >= 11 is 0. The van der Waals surface area contributed by atoms with Crippen molar-refractivity contribution in [2.45, 2.75) is 44.3 Å². The van der Waals surface area contributed by atoms with Crippen LogP contribution in [0.2, 0.25) is 0 Å². The molecule has 160 valence electrons. The number of aromatic nitrogens is 5. The summed E-state index contributed by atoms with van der Waals surface area (Å²) in [5, 5.41) is 11.6. The van der Waals surface area contributed by atoms with Crippen LogP contribution >= 0.6 is 0 Å². The van der Waals surface area contributed by atoms with Gasteiger partial charge in [0.15, 0.2) is 17.3 Å². The third-order valence-electron chi connectivity index (χ3n) is 4.74. The van der Waals surface area contributed by atoms with Crippen molar-refractivity contribution >= 4 is 5.65 Å². The largest absolute Gasteiger partial charge is 0.459 e. The van der Waals surface area contributed by atoms with Crippen molar-refractivity contribution in [3.8, 4) is 17.1 Å². The molecule has 0 N–H and O–H groups in total. The number of hydrogen-bond acceptors (Lipinski definition) is 6. The summed E-state index contributed by atoms with van der Waals surface area (Å²) in [6.07, 6.45) is -3.76. The third-order valence-corrected chi connectivity index (χ3v) is 4.74. The van der Waals surface area contributed by atoms with E-state index in [-0.39, 0.29) is 35.6 Å². The topological polar surface area (TPSA) is 74.4 Å². The Balaban J connectivity index is 1.61. The molecule has 0 bridgehead atoms. The molecule has 30 heavy (non-hydrogen) atoms. The monoisotopic (exact) mass is 433 g/mol. The molecule has 0 aliphatic heterocycles. The van der Waals surface area contributed by atoms with Crippen molar-refractivity contribution < 1.29 is 35.8 Å². The fourth-order valence-electron chi connectivity index (χ4n) is 2.98. The van der Waals surface area contributed by atoms with Gasteiger partial charge in [-0.25, -0.2) is 9.37 Å². The second-order valence-electron chi connectivity index (χ2n) is 6.64. The van der Waals surface area contributed by atoms with Crippen molar-refractivity contribution in [1.82, 2.24) is 24.8 Å². The maximum Gasteiger partial charge on any atom is 0.428 e. The highest BCUT2D eigenvalue weighted by Gasteiger charge is 2.61. The molecule has 3 aromatic rings. The number of halogens is 6. The molecule has 3 heterocycles. The first kappa shape index (κ1) is 20.3. The molecule has 1 fully saturated rings. The van der Waals surface area contributed by atoms with Crippen LogP contribution in [0.4, 0.5) is 26.3 Å². The van der Waals surface area contributed by atoms with E-state index in [9.17, 15) is 26.3 Å². The number of ether oxygens (including phenoxy) is 2. The Morgan fingerprint density at radius 3 is 2.53 bits per heavy atom. The van der Waals surface area contributed by atoms with Gasteiger partial charge in [-0.2, -0.15) is 31.6 Å². The maximum absolute atomic E-state index is 14.4. The zero-order valence-electron chi connectivity index (χ0n) is 15.0. The molecule has 1 saturated carbocycles. The Labute approximate surface area is 164 Å². The van der Waals surface area contributed by atoms with Crippen LogP contribution in [0.3, 0.4) is 0 Å². The van der Waals surface area contributed by atoms with E-state index in [1.807, 2.05) is 0 Å². The van der Waals surface area contributed by atoms with E-state index in [0.29, 0.717) is 6.42 Å². The van der Waals surface area contributed by atoms with Gasteiger partial charge >= 0.3 is 12.8 Å². The lowest BCUT2D eigenvalue weighted by Crippen LogP contribution is -2.55. The Kier molecular flexibility index (Phi) is 5.00. The summed E-state index contributed by atoms with van der Waals surface area (Å²) in [6.45, 7) is -3.57. The Hall–Kier alpha value is -2.96. The average molecular weight is 433 g/mol. The molecule has 0 spiro atoms. The number of alkyl halides is 5. The Bertz CT molecular complexity index is 1070. The third kappa shape index (κ3) is 3.64. The minimum atomic E-state index is -4.64. The number of rotatable bonds is 6. The molecule has 7 nitrogen and oxygen atoms in total. The minimum absolute atomic E-state index is 0.0161. The number of nitrogens with zero attached hydrogens (tertiary/aromatic N) is 5. The molecule has 0 saturated heterocycles. The number of pyridine rings is 1. The van der Waals surface area contributed by atoms with E-state index in [0.717, 1.165) is 16.8 Å². The molecule has 4 rings (SSSR count). The first-order valence-corrected chi connectivity index (χ1v) is 8.71.